The molecule has 0 N–H and O–H groups in total. The first-order chi connectivity index (χ1) is 13.0. The minimum atomic E-state index is -3.56. The summed E-state index contributed by atoms with van der Waals surface area (Å²) in [4.78, 5) is 2.70. The summed E-state index contributed by atoms with van der Waals surface area (Å²) in [7, 11) is -3.56. The Morgan fingerprint density at radius 3 is 2.70 bits per heavy atom. The second kappa shape index (κ2) is 9.34. The highest BCUT2D eigenvalue weighted by Crippen LogP contribution is 2.30. The first-order valence-corrected chi connectivity index (χ1v) is 11.5. The third-order valence-electron chi connectivity index (χ3n) is 5.74. The number of piperidine rings is 1. The van der Waals surface area contributed by atoms with Crippen molar-refractivity contribution in [2.45, 2.75) is 50.0 Å². The van der Waals surface area contributed by atoms with Gasteiger partial charge >= 0.3 is 0 Å². The summed E-state index contributed by atoms with van der Waals surface area (Å²) in [5.74, 6) is 1.20. The van der Waals surface area contributed by atoms with Crippen LogP contribution in [0.3, 0.4) is 0 Å². The number of alkyl halides is 1. The van der Waals surface area contributed by atoms with Crippen LogP contribution in [0.2, 0.25) is 0 Å². The molecule has 0 spiro atoms. The lowest BCUT2D eigenvalue weighted by atomic mass is 9.99. The van der Waals surface area contributed by atoms with E-state index in [1.807, 2.05) is 0 Å². The van der Waals surface area contributed by atoms with Crippen molar-refractivity contribution in [1.29, 1.82) is 0 Å². The number of nitrogens with zero attached hydrogens (tertiary/aromatic N) is 2. The van der Waals surface area contributed by atoms with E-state index in [0.717, 1.165) is 44.8 Å². The van der Waals surface area contributed by atoms with Crippen LogP contribution < -0.4 is 4.74 Å². The van der Waals surface area contributed by atoms with E-state index in [4.69, 9.17) is 4.74 Å². The Kier molecular flexibility index (Phi) is 7.11. The number of ether oxygens (including phenoxy) is 1. The quantitative estimate of drug-likeness (QED) is 0.674. The summed E-state index contributed by atoms with van der Waals surface area (Å²) in [6.07, 6.45) is 5.17. The number of sulfonamides is 1. The Morgan fingerprint density at radius 1 is 1.19 bits per heavy atom. The fourth-order valence-corrected chi connectivity index (χ4v) is 5.81. The van der Waals surface area contributed by atoms with Crippen LogP contribution in [0.1, 0.15) is 39.0 Å². The van der Waals surface area contributed by atoms with Gasteiger partial charge in [0, 0.05) is 18.7 Å². The molecule has 0 aromatic heterocycles. The average Bonchev–Trinajstić information content (AvgIpc) is 3.16. The summed E-state index contributed by atoms with van der Waals surface area (Å²) >= 11 is 0. The van der Waals surface area contributed by atoms with Crippen molar-refractivity contribution in [2.75, 3.05) is 39.5 Å². The molecule has 152 valence electrons. The van der Waals surface area contributed by atoms with Gasteiger partial charge in [0.25, 0.3) is 0 Å². The highest BCUT2D eigenvalue weighted by atomic mass is 32.2. The molecule has 2 saturated heterocycles. The van der Waals surface area contributed by atoms with Gasteiger partial charge < -0.3 is 9.64 Å². The largest absolute Gasteiger partial charge is 0.491 e. The van der Waals surface area contributed by atoms with Gasteiger partial charge in [0.1, 0.15) is 19.0 Å². The number of rotatable bonds is 8. The van der Waals surface area contributed by atoms with E-state index in [-0.39, 0.29) is 17.5 Å². The zero-order valence-corrected chi connectivity index (χ0v) is 17.0. The molecule has 3 rings (SSSR count). The van der Waals surface area contributed by atoms with Crippen LogP contribution >= 0.6 is 0 Å². The molecule has 1 atom stereocenters. The Hall–Kier alpha value is -1.18. The molecule has 5 nitrogen and oxygen atoms in total. The molecule has 2 fully saturated rings. The molecular formula is C20H31FN2O3S. The van der Waals surface area contributed by atoms with Gasteiger partial charge in [0.15, 0.2) is 0 Å². The molecule has 2 aliphatic rings. The molecule has 2 aliphatic heterocycles. The second-order valence-corrected chi connectivity index (χ2v) is 9.63. The lowest BCUT2D eigenvalue weighted by Crippen LogP contribution is -2.40. The van der Waals surface area contributed by atoms with E-state index < -0.39 is 16.7 Å². The van der Waals surface area contributed by atoms with E-state index in [1.54, 1.807) is 22.5 Å². The zero-order chi connectivity index (χ0) is 19.3. The van der Waals surface area contributed by atoms with E-state index >= 15 is 0 Å². The van der Waals surface area contributed by atoms with Crippen LogP contribution in [0.5, 0.6) is 5.75 Å². The van der Waals surface area contributed by atoms with Gasteiger partial charge in [-0.25, -0.2) is 12.8 Å². The van der Waals surface area contributed by atoms with Gasteiger partial charge in [-0.3, -0.25) is 0 Å². The van der Waals surface area contributed by atoms with E-state index in [2.05, 4.69) is 11.8 Å². The summed E-state index contributed by atoms with van der Waals surface area (Å²) < 4.78 is 45.5. The van der Waals surface area contributed by atoms with Crippen LogP contribution in [0, 0.1) is 5.92 Å². The van der Waals surface area contributed by atoms with E-state index in [1.165, 1.54) is 18.9 Å². The molecule has 0 bridgehead atoms. The fraction of sp³-hybridized carbons (Fsp3) is 0.700. The van der Waals surface area contributed by atoms with Gasteiger partial charge in [-0.2, -0.15) is 4.31 Å². The maximum absolute atomic E-state index is 13.1. The molecule has 1 aromatic carbocycles. The van der Waals surface area contributed by atoms with Crippen LogP contribution in [-0.2, 0) is 10.0 Å². The molecule has 0 saturated carbocycles. The van der Waals surface area contributed by atoms with Crippen molar-refractivity contribution < 1.29 is 17.5 Å². The molecule has 27 heavy (non-hydrogen) atoms. The summed E-state index contributed by atoms with van der Waals surface area (Å²) in [5, 5.41) is 0. The van der Waals surface area contributed by atoms with Gasteiger partial charge in [0.05, 0.1) is 4.90 Å². The Balaban J connectivity index is 1.64. The first kappa shape index (κ1) is 20.6. The van der Waals surface area contributed by atoms with Crippen LogP contribution in [0.4, 0.5) is 4.39 Å². The van der Waals surface area contributed by atoms with Crippen LogP contribution in [0.25, 0.3) is 0 Å². The Bertz CT molecular complexity index is 705. The van der Waals surface area contributed by atoms with Crippen molar-refractivity contribution in [3.05, 3.63) is 24.3 Å². The van der Waals surface area contributed by atoms with E-state index in [0.29, 0.717) is 12.3 Å². The number of halogens is 1. The monoisotopic (exact) mass is 398 g/mol. The predicted molar refractivity (Wildman–Crippen MR) is 104 cm³/mol. The number of benzene rings is 1. The minimum Gasteiger partial charge on any atom is -0.491 e. The second-order valence-electron chi connectivity index (χ2n) is 7.74. The smallest absolute Gasteiger partial charge is 0.243 e. The highest BCUT2D eigenvalue weighted by Gasteiger charge is 2.35. The standard InChI is InChI=1S/C20H31FN2O3S/c1-17-7-12-22(13-8-17)14-9-18-4-3-11-23(18)27(24,25)20-6-2-5-19(16-20)26-15-10-21/h2,5-6,16-18H,3-4,7-15H2,1H3/t18-/m1/s1. The minimum absolute atomic E-state index is 0.0600. The lowest BCUT2D eigenvalue weighted by Gasteiger charge is -2.32. The van der Waals surface area contributed by atoms with Crippen LogP contribution in [0.15, 0.2) is 29.2 Å². The summed E-state index contributed by atoms with van der Waals surface area (Å²) in [5.41, 5.74) is 0. The third kappa shape index (κ3) is 5.21. The van der Waals surface area contributed by atoms with E-state index in [9.17, 15) is 12.8 Å². The molecular weight excluding hydrogens is 367 g/mol. The van der Waals surface area contributed by atoms with Gasteiger partial charge in [-0.1, -0.05) is 13.0 Å². The normalized spacial score (nSPS) is 23.0. The molecule has 2 heterocycles. The third-order valence-corrected chi connectivity index (χ3v) is 7.68. The molecule has 0 radical (unpaired) electrons. The topological polar surface area (TPSA) is 49.9 Å². The van der Waals surface area contributed by atoms with Crippen molar-refractivity contribution in [1.82, 2.24) is 9.21 Å². The maximum atomic E-state index is 13.1. The fourth-order valence-electron chi connectivity index (χ4n) is 4.05. The van der Waals surface area contributed by atoms with Crippen LogP contribution in [-0.4, -0.2) is 63.1 Å². The predicted octanol–water partition coefficient (Wildman–Crippen LogP) is 3.31. The highest BCUT2D eigenvalue weighted by molar-refractivity contribution is 7.89. The van der Waals surface area contributed by atoms with Crippen molar-refractivity contribution in [2.24, 2.45) is 5.92 Å². The van der Waals surface area contributed by atoms with Gasteiger partial charge in [-0.15, -0.1) is 0 Å². The Morgan fingerprint density at radius 2 is 1.96 bits per heavy atom. The summed E-state index contributed by atoms with van der Waals surface area (Å²) in [6, 6.07) is 6.48. The van der Waals surface area contributed by atoms with Crippen molar-refractivity contribution in [3.63, 3.8) is 0 Å². The van der Waals surface area contributed by atoms with Crippen molar-refractivity contribution >= 4 is 10.0 Å². The molecule has 1 aromatic rings. The molecule has 0 amide bonds. The average molecular weight is 399 g/mol. The van der Waals surface area contributed by atoms with Crippen molar-refractivity contribution in [3.8, 4) is 5.75 Å². The zero-order valence-electron chi connectivity index (χ0n) is 16.1. The maximum Gasteiger partial charge on any atom is 0.243 e. The number of hydrogen-bond donors (Lipinski definition) is 0. The molecule has 7 heteroatoms. The number of likely N-dealkylation sites (tertiary alicyclic amines) is 1. The molecule has 0 unspecified atom stereocenters. The Labute approximate surface area is 162 Å². The van der Waals surface area contributed by atoms with Gasteiger partial charge in [-0.05, 0) is 69.8 Å². The summed E-state index contributed by atoms with van der Waals surface area (Å²) in [6.45, 7) is 5.41. The number of hydrogen-bond acceptors (Lipinski definition) is 4. The SMILES string of the molecule is CC1CCN(CC[C@H]2CCCN2S(=O)(=O)c2cccc(OCCF)c2)CC1. The first-order valence-electron chi connectivity index (χ1n) is 10.0. The molecule has 0 aliphatic carbocycles. The van der Waals surface area contributed by atoms with Gasteiger partial charge in [0.2, 0.25) is 10.0 Å². The lowest BCUT2D eigenvalue weighted by molar-refractivity contribution is 0.179.